The molecule has 0 fully saturated rings. The van der Waals surface area contributed by atoms with Crippen molar-refractivity contribution in [2.75, 3.05) is 40.0 Å². The summed E-state index contributed by atoms with van der Waals surface area (Å²) in [5.41, 5.74) is 7.22. The number of pyridine rings is 1. The minimum Gasteiger partial charge on any atom is -0.376 e. The zero-order valence-corrected chi connectivity index (χ0v) is 19.4. The molecule has 1 aromatic carbocycles. The molecule has 1 aromatic heterocycles. The van der Waals surface area contributed by atoms with Crippen molar-refractivity contribution < 1.29 is 18.3 Å². The van der Waals surface area contributed by atoms with Crippen LogP contribution in [0.3, 0.4) is 0 Å². The molecular formula is C25H29F2N5O2. The van der Waals surface area contributed by atoms with Crippen LogP contribution < -0.4 is 5.73 Å². The van der Waals surface area contributed by atoms with Crippen molar-refractivity contribution in [2.24, 2.45) is 16.6 Å². The summed E-state index contributed by atoms with van der Waals surface area (Å²) in [7, 11) is 1.59. The van der Waals surface area contributed by atoms with Crippen molar-refractivity contribution in [2.45, 2.75) is 18.9 Å². The molecule has 0 saturated carbocycles. The van der Waals surface area contributed by atoms with Gasteiger partial charge < -0.3 is 15.4 Å². The second-order valence-corrected chi connectivity index (χ2v) is 8.41. The third-order valence-electron chi connectivity index (χ3n) is 6.41. The van der Waals surface area contributed by atoms with E-state index in [1.807, 2.05) is 24.0 Å². The van der Waals surface area contributed by atoms with Crippen LogP contribution in [0.25, 0.3) is 11.1 Å². The summed E-state index contributed by atoms with van der Waals surface area (Å²) in [6.45, 7) is 3.34. The molecule has 0 radical (unpaired) electrons. The van der Waals surface area contributed by atoms with E-state index >= 15 is 0 Å². The van der Waals surface area contributed by atoms with Crippen molar-refractivity contribution in [3.63, 3.8) is 0 Å². The quantitative estimate of drug-likeness (QED) is 0.571. The SMILES string of the molecule is CCOCC1=CC([C@]2(c3cccc(-c4cccnc4F)c3)N=C(N)N(C)C2=O)CN1CCCF. The molecular weight excluding hydrogens is 440 g/mol. The van der Waals surface area contributed by atoms with Gasteiger partial charge in [-0.25, -0.2) is 9.98 Å². The van der Waals surface area contributed by atoms with Gasteiger partial charge in [-0.3, -0.25) is 14.1 Å². The van der Waals surface area contributed by atoms with Crippen LogP contribution in [-0.4, -0.2) is 66.7 Å². The average molecular weight is 470 g/mol. The lowest BCUT2D eigenvalue weighted by Crippen LogP contribution is -2.46. The number of hydrogen-bond donors (Lipinski definition) is 1. The Morgan fingerprint density at radius 1 is 1.29 bits per heavy atom. The first-order chi connectivity index (χ1) is 16.4. The van der Waals surface area contributed by atoms with Crippen LogP contribution in [0, 0.1) is 11.9 Å². The largest absolute Gasteiger partial charge is 0.376 e. The van der Waals surface area contributed by atoms with Crippen LogP contribution in [0.5, 0.6) is 0 Å². The Morgan fingerprint density at radius 3 is 2.79 bits per heavy atom. The number of aliphatic imine (C=N–C) groups is 1. The Labute approximate surface area is 197 Å². The average Bonchev–Trinajstić information content (AvgIpc) is 3.36. The molecule has 34 heavy (non-hydrogen) atoms. The highest BCUT2D eigenvalue weighted by molar-refractivity contribution is 6.07. The lowest BCUT2D eigenvalue weighted by atomic mass is 9.77. The Bertz CT molecular complexity index is 1120. The highest BCUT2D eigenvalue weighted by atomic mass is 19.1. The summed E-state index contributed by atoms with van der Waals surface area (Å²) >= 11 is 0. The lowest BCUT2D eigenvalue weighted by molar-refractivity contribution is -0.132. The summed E-state index contributed by atoms with van der Waals surface area (Å²) in [4.78, 5) is 25.5. The Hall–Kier alpha value is -3.33. The Morgan fingerprint density at radius 2 is 2.12 bits per heavy atom. The number of guanidine groups is 1. The van der Waals surface area contributed by atoms with E-state index in [-0.39, 0.29) is 17.8 Å². The number of rotatable bonds is 9. The smallest absolute Gasteiger partial charge is 0.262 e. The van der Waals surface area contributed by atoms with Gasteiger partial charge in [0.25, 0.3) is 5.91 Å². The summed E-state index contributed by atoms with van der Waals surface area (Å²) < 4.78 is 33.0. The highest BCUT2D eigenvalue weighted by Crippen LogP contribution is 2.44. The summed E-state index contributed by atoms with van der Waals surface area (Å²) in [5.74, 6) is -1.11. The van der Waals surface area contributed by atoms with Crippen LogP contribution in [-0.2, 0) is 15.1 Å². The molecule has 0 saturated heterocycles. The molecule has 2 N–H and O–H groups in total. The number of benzene rings is 1. The van der Waals surface area contributed by atoms with Gasteiger partial charge in [-0.1, -0.05) is 24.3 Å². The van der Waals surface area contributed by atoms with Crippen molar-refractivity contribution in [1.82, 2.24) is 14.8 Å². The number of aromatic nitrogens is 1. The molecule has 2 atom stereocenters. The van der Waals surface area contributed by atoms with Gasteiger partial charge in [0.05, 0.1) is 13.3 Å². The minimum absolute atomic E-state index is 0.116. The molecule has 0 aliphatic carbocycles. The monoisotopic (exact) mass is 469 g/mol. The van der Waals surface area contributed by atoms with Gasteiger partial charge in [0.2, 0.25) is 5.95 Å². The van der Waals surface area contributed by atoms with E-state index in [1.165, 1.54) is 11.1 Å². The number of hydrogen-bond acceptors (Lipinski definition) is 6. The number of carbonyl (C=O) groups is 1. The number of nitrogens with two attached hydrogens (primary N) is 1. The highest BCUT2D eigenvalue weighted by Gasteiger charge is 2.54. The third-order valence-corrected chi connectivity index (χ3v) is 6.41. The van der Waals surface area contributed by atoms with Crippen molar-refractivity contribution in [3.05, 3.63) is 65.9 Å². The predicted octanol–water partition coefficient (Wildman–Crippen LogP) is 3.08. The zero-order valence-electron chi connectivity index (χ0n) is 19.4. The number of ether oxygens (including phenoxy) is 1. The van der Waals surface area contributed by atoms with Gasteiger partial charge in [0.15, 0.2) is 11.5 Å². The van der Waals surface area contributed by atoms with E-state index in [1.54, 1.807) is 37.4 Å². The van der Waals surface area contributed by atoms with E-state index in [2.05, 4.69) is 4.98 Å². The second-order valence-electron chi connectivity index (χ2n) is 8.41. The third kappa shape index (κ3) is 4.16. The molecule has 0 bridgehead atoms. The van der Waals surface area contributed by atoms with Gasteiger partial charge in [-0.15, -0.1) is 0 Å². The topological polar surface area (TPSA) is 84.0 Å². The maximum Gasteiger partial charge on any atom is 0.262 e. The Balaban J connectivity index is 1.81. The minimum atomic E-state index is -1.32. The van der Waals surface area contributed by atoms with Crippen molar-refractivity contribution >= 4 is 11.9 Å². The molecule has 7 nitrogen and oxygen atoms in total. The van der Waals surface area contributed by atoms with E-state index in [4.69, 9.17) is 15.5 Å². The molecule has 0 spiro atoms. The predicted molar refractivity (Wildman–Crippen MR) is 126 cm³/mol. The second kappa shape index (κ2) is 9.89. The van der Waals surface area contributed by atoms with Crippen LogP contribution >= 0.6 is 0 Å². The normalized spacial score (nSPS) is 22.4. The first-order valence-corrected chi connectivity index (χ1v) is 11.4. The summed E-state index contributed by atoms with van der Waals surface area (Å²) in [6, 6.07) is 10.4. The number of nitrogens with zero attached hydrogens (tertiary/aromatic N) is 4. The maximum atomic E-state index is 14.4. The fraction of sp³-hybridized carbons (Fsp3) is 0.400. The molecule has 3 heterocycles. The van der Waals surface area contributed by atoms with E-state index in [9.17, 15) is 13.6 Å². The fourth-order valence-electron chi connectivity index (χ4n) is 4.66. The van der Waals surface area contributed by atoms with E-state index in [0.717, 1.165) is 5.70 Å². The first-order valence-electron chi connectivity index (χ1n) is 11.4. The standard InChI is InChI=1S/C25H29F2N5O2/c1-3-34-16-20-14-19(15-32(20)12-6-10-26)25(23(33)31(2)24(28)30-25)18-8-4-7-17(13-18)21-9-5-11-29-22(21)27/h4-5,7-9,11,13-14,19H,3,6,10,12,15-16H2,1-2H3,(H2,28,30)/t19?,25-/m0/s1. The molecule has 180 valence electrons. The Kier molecular flexibility index (Phi) is 6.92. The van der Waals surface area contributed by atoms with Gasteiger partial charge in [-0.05, 0) is 42.7 Å². The van der Waals surface area contributed by atoms with Crippen LogP contribution in [0.1, 0.15) is 18.9 Å². The molecule has 9 heteroatoms. The first kappa shape index (κ1) is 23.8. The van der Waals surface area contributed by atoms with Gasteiger partial charge in [-0.2, -0.15) is 4.39 Å². The molecule has 2 aromatic rings. The number of alkyl halides is 1. The number of likely N-dealkylation sites (N-methyl/N-ethyl adjacent to an activating group) is 1. The van der Waals surface area contributed by atoms with Crippen LogP contribution in [0.2, 0.25) is 0 Å². The molecule has 4 rings (SSSR count). The van der Waals surface area contributed by atoms with E-state index in [0.29, 0.717) is 49.4 Å². The number of amides is 1. The van der Waals surface area contributed by atoms with Crippen LogP contribution in [0.4, 0.5) is 8.78 Å². The van der Waals surface area contributed by atoms with Gasteiger partial charge >= 0.3 is 0 Å². The van der Waals surface area contributed by atoms with Crippen LogP contribution in [0.15, 0.2) is 59.4 Å². The van der Waals surface area contributed by atoms with Crippen molar-refractivity contribution in [1.29, 1.82) is 0 Å². The zero-order chi connectivity index (χ0) is 24.3. The summed E-state index contributed by atoms with van der Waals surface area (Å²) in [6.07, 6.45) is 3.75. The molecule has 1 unspecified atom stereocenters. The molecule has 2 aliphatic rings. The fourth-order valence-corrected chi connectivity index (χ4v) is 4.66. The lowest BCUT2D eigenvalue weighted by Gasteiger charge is -2.32. The van der Waals surface area contributed by atoms with Gasteiger partial charge in [0.1, 0.15) is 0 Å². The van der Waals surface area contributed by atoms with E-state index < -0.39 is 18.2 Å². The summed E-state index contributed by atoms with van der Waals surface area (Å²) in [5, 5.41) is 0. The number of halogens is 2. The van der Waals surface area contributed by atoms with Crippen molar-refractivity contribution in [3.8, 4) is 11.1 Å². The molecule has 2 aliphatic heterocycles. The maximum absolute atomic E-state index is 14.4. The van der Waals surface area contributed by atoms with Gasteiger partial charge in [0, 0.05) is 50.1 Å². The molecule has 1 amide bonds. The number of carbonyl (C=O) groups excluding carboxylic acids is 1.